The lowest BCUT2D eigenvalue weighted by Crippen LogP contribution is -2.61. The average molecular weight is 198 g/mol. The van der Waals surface area contributed by atoms with Crippen molar-refractivity contribution >= 4 is 5.91 Å². The first-order chi connectivity index (χ1) is 6.73. The molecule has 1 saturated heterocycles. The van der Waals surface area contributed by atoms with E-state index in [0.717, 1.165) is 45.3 Å². The summed E-state index contributed by atoms with van der Waals surface area (Å²) < 4.78 is 5.48. The zero-order chi connectivity index (χ0) is 10.0. The van der Waals surface area contributed by atoms with E-state index in [2.05, 4.69) is 5.32 Å². The Morgan fingerprint density at radius 2 is 2.29 bits per heavy atom. The molecule has 14 heavy (non-hydrogen) atoms. The lowest BCUT2D eigenvalue weighted by molar-refractivity contribution is -0.128. The lowest BCUT2D eigenvalue weighted by atomic mass is 9.76. The summed E-state index contributed by atoms with van der Waals surface area (Å²) >= 11 is 0. The van der Waals surface area contributed by atoms with Crippen LogP contribution in [-0.4, -0.2) is 30.7 Å². The summed E-state index contributed by atoms with van der Waals surface area (Å²) in [5.41, 5.74) is 4.96. The fraction of sp³-hybridized carbons (Fsp3) is 0.900. The van der Waals surface area contributed by atoms with Gasteiger partial charge in [0.15, 0.2) is 0 Å². The summed E-state index contributed by atoms with van der Waals surface area (Å²) in [5, 5.41) is 3.27. The van der Waals surface area contributed by atoms with Gasteiger partial charge in [-0.15, -0.1) is 0 Å². The average Bonchev–Trinajstić information content (AvgIpc) is 2.53. The van der Waals surface area contributed by atoms with Crippen LogP contribution in [0.5, 0.6) is 0 Å². The van der Waals surface area contributed by atoms with Gasteiger partial charge in [-0.3, -0.25) is 4.79 Å². The van der Waals surface area contributed by atoms with Gasteiger partial charge in [0.05, 0.1) is 11.6 Å². The van der Waals surface area contributed by atoms with Crippen molar-refractivity contribution in [3.8, 4) is 0 Å². The fourth-order valence-corrected chi connectivity index (χ4v) is 2.16. The van der Waals surface area contributed by atoms with Crippen LogP contribution in [0.1, 0.15) is 32.1 Å². The first-order valence-electron chi connectivity index (χ1n) is 5.39. The highest BCUT2D eigenvalue weighted by Gasteiger charge is 2.42. The third kappa shape index (κ3) is 1.77. The number of rotatable bonds is 4. The van der Waals surface area contributed by atoms with Crippen molar-refractivity contribution in [2.75, 3.05) is 13.2 Å². The minimum Gasteiger partial charge on any atom is -0.377 e. The van der Waals surface area contributed by atoms with E-state index in [1.807, 2.05) is 0 Å². The maximum atomic E-state index is 11.2. The van der Waals surface area contributed by atoms with Gasteiger partial charge >= 0.3 is 0 Å². The molecule has 3 N–H and O–H groups in total. The molecule has 0 radical (unpaired) electrons. The Labute approximate surface area is 84.2 Å². The lowest BCUT2D eigenvalue weighted by Gasteiger charge is -2.40. The number of hydrogen-bond acceptors (Lipinski definition) is 3. The molecule has 1 atom stereocenters. The third-order valence-corrected chi connectivity index (χ3v) is 3.37. The summed E-state index contributed by atoms with van der Waals surface area (Å²) in [7, 11) is 0. The van der Waals surface area contributed by atoms with Gasteiger partial charge in [-0.05, 0) is 32.1 Å². The van der Waals surface area contributed by atoms with Gasteiger partial charge < -0.3 is 15.8 Å². The van der Waals surface area contributed by atoms with Gasteiger partial charge in [-0.1, -0.05) is 0 Å². The minimum atomic E-state index is -0.411. The Balaban J connectivity index is 1.80. The molecule has 80 valence electrons. The van der Waals surface area contributed by atoms with E-state index in [4.69, 9.17) is 10.5 Å². The van der Waals surface area contributed by atoms with E-state index in [1.54, 1.807) is 0 Å². The van der Waals surface area contributed by atoms with Crippen LogP contribution in [-0.2, 0) is 9.53 Å². The molecule has 2 fully saturated rings. The molecule has 0 aromatic heterocycles. The quantitative estimate of drug-likeness (QED) is 0.676. The predicted octanol–water partition coefficient (Wildman–Crippen LogP) is 0.163. The van der Waals surface area contributed by atoms with E-state index in [0.29, 0.717) is 0 Å². The second kappa shape index (κ2) is 3.87. The van der Waals surface area contributed by atoms with Crippen LogP contribution in [0.25, 0.3) is 0 Å². The standard InChI is InChI=1S/C10H18N2O2/c11-9(13)10(4-2-5-10)12-7-8-3-1-6-14-8/h8,12H,1-7H2,(H2,11,13). The van der Waals surface area contributed by atoms with Crippen molar-refractivity contribution < 1.29 is 9.53 Å². The molecule has 1 heterocycles. The van der Waals surface area contributed by atoms with Crippen LogP contribution < -0.4 is 11.1 Å². The van der Waals surface area contributed by atoms with Crippen molar-refractivity contribution in [1.29, 1.82) is 0 Å². The van der Waals surface area contributed by atoms with Crippen LogP contribution in [0.2, 0.25) is 0 Å². The summed E-state index contributed by atoms with van der Waals surface area (Å²) in [5.74, 6) is -0.207. The van der Waals surface area contributed by atoms with Gasteiger partial charge in [-0.2, -0.15) is 0 Å². The second-order valence-corrected chi connectivity index (χ2v) is 4.32. The molecule has 1 aliphatic carbocycles. The van der Waals surface area contributed by atoms with E-state index < -0.39 is 5.54 Å². The maximum absolute atomic E-state index is 11.2. The van der Waals surface area contributed by atoms with Gasteiger partial charge in [0.2, 0.25) is 5.91 Å². The molecule has 4 heteroatoms. The summed E-state index contributed by atoms with van der Waals surface area (Å²) in [6, 6.07) is 0. The summed E-state index contributed by atoms with van der Waals surface area (Å²) in [6.07, 6.45) is 5.38. The number of hydrogen-bond donors (Lipinski definition) is 2. The van der Waals surface area contributed by atoms with Crippen molar-refractivity contribution in [3.63, 3.8) is 0 Å². The highest BCUT2D eigenvalue weighted by atomic mass is 16.5. The Bertz CT molecular complexity index is 220. The van der Waals surface area contributed by atoms with Gasteiger partial charge in [0.1, 0.15) is 0 Å². The van der Waals surface area contributed by atoms with Crippen LogP contribution >= 0.6 is 0 Å². The van der Waals surface area contributed by atoms with Crippen molar-refractivity contribution in [2.45, 2.75) is 43.7 Å². The normalized spacial score (nSPS) is 29.9. The summed E-state index contributed by atoms with van der Waals surface area (Å²) in [4.78, 5) is 11.2. The molecular formula is C10H18N2O2. The van der Waals surface area contributed by atoms with E-state index in [1.165, 1.54) is 0 Å². The monoisotopic (exact) mass is 198 g/mol. The zero-order valence-corrected chi connectivity index (χ0v) is 8.42. The Morgan fingerprint density at radius 3 is 2.71 bits per heavy atom. The molecule has 1 saturated carbocycles. The Kier molecular flexibility index (Phi) is 2.74. The van der Waals surface area contributed by atoms with Crippen LogP contribution in [0, 0.1) is 0 Å². The fourth-order valence-electron chi connectivity index (χ4n) is 2.16. The van der Waals surface area contributed by atoms with E-state index in [9.17, 15) is 4.79 Å². The molecule has 1 aliphatic heterocycles. The first-order valence-corrected chi connectivity index (χ1v) is 5.39. The molecule has 0 aromatic carbocycles. The third-order valence-electron chi connectivity index (χ3n) is 3.37. The largest absolute Gasteiger partial charge is 0.377 e. The molecule has 2 rings (SSSR count). The molecule has 0 bridgehead atoms. The van der Waals surface area contributed by atoms with Crippen molar-refractivity contribution in [2.24, 2.45) is 5.73 Å². The minimum absolute atomic E-state index is 0.207. The highest BCUT2D eigenvalue weighted by molar-refractivity contribution is 5.85. The van der Waals surface area contributed by atoms with E-state index in [-0.39, 0.29) is 12.0 Å². The number of ether oxygens (including phenoxy) is 1. The zero-order valence-electron chi connectivity index (χ0n) is 8.42. The number of nitrogens with one attached hydrogen (secondary N) is 1. The molecule has 1 amide bonds. The van der Waals surface area contributed by atoms with Gasteiger partial charge in [0, 0.05) is 13.2 Å². The Morgan fingerprint density at radius 1 is 1.50 bits per heavy atom. The molecule has 0 aromatic rings. The molecule has 1 unspecified atom stereocenters. The second-order valence-electron chi connectivity index (χ2n) is 4.32. The summed E-state index contributed by atoms with van der Waals surface area (Å²) in [6.45, 7) is 1.62. The number of carbonyl (C=O) groups excluding carboxylic acids is 1. The van der Waals surface area contributed by atoms with Gasteiger partial charge in [0.25, 0.3) is 0 Å². The predicted molar refractivity (Wildman–Crippen MR) is 52.8 cm³/mol. The molecule has 2 aliphatic rings. The molecular weight excluding hydrogens is 180 g/mol. The van der Waals surface area contributed by atoms with Crippen molar-refractivity contribution in [3.05, 3.63) is 0 Å². The molecule has 0 spiro atoms. The topological polar surface area (TPSA) is 64.4 Å². The number of primary amides is 1. The number of carbonyl (C=O) groups is 1. The van der Waals surface area contributed by atoms with Gasteiger partial charge in [-0.25, -0.2) is 0 Å². The van der Waals surface area contributed by atoms with Crippen LogP contribution in [0.4, 0.5) is 0 Å². The maximum Gasteiger partial charge on any atom is 0.237 e. The molecule has 4 nitrogen and oxygen atoms in total. The van der Waals surface area contributed by atoms with E-state index >= 15 is 0 Å². The van der Waals surface area contributed by atoms with Crippen LogP contribution in [0.15, 0.2) is 0 Å². The highest BCUT2D eigenvalue weighted by Crippen LogP contribution is 2.31. The smallest absolute Gasteiger partial charge is 0.237 e. The first kappa shape index (κ1) is 9.93. The van der Waals surface area contributed by atoms with Crippen LogP contribution in [0.3, 0.4) is 0 Å². The number of amides is 1. The Hall–Kier alpha value is -0.610. The number of nitrogens with two attached hydrogens (primary N) is 1. The SMILES string of the molecule is NC(=O)C1(NCC2CCCO2)CCC1. The van der Waals surface area contributed by atoms with Crippen molar-refractivity contribution in [1.82, 2.24) is 5.32 Å².